The first-order valence-corrected chi connectivity index (χ1v) is 9.96. The highest BCUT2D eigenvalue weighted by Gasteiger charge is 2.23. The minimum absolute atomic E-state index is 0.0489. The van der Waals surface area contributed by atoms with E-state index in [2.05, 4.69) is 39.9 Å². The van der Waals surface area contributed by atoms with Gasteiger partial charge in [0.25, 0.3) is 5.91 Å². The number of rotatable bonds is 5. The van der Waals surface area contributed by atoms with E-state index in [-0.39, 0.29) is 17.4 Å². The lowest BCUT2D eigenvalue weighted by Crippen LogP contribution is -2.37. The van der Waals surface area contributed by atoms with Gasteiger partial charge in [-0.1, -0.05) is 34.6 Å². The number of nitrogens with zero attached hydrogens (tertiary/aromatic N) is 3. The normalized spacial score (nSPS) is 13.0. The molecule has 1 unspecified atom stereocenters. The average Bonchev–Trinajstić information content (AvgIpc) is 3.11. The van der Waals surface area contributed by atoms with Crippen LogP contribution in [0, 0.1) is 5.92 Å². The van der Waals surface area contributed by atoms with Gasteiger partial charge < -0.3 is 10.1 Å². The standard InChI is InChI=1S/C23H30N4O2/c1-14(2)15(3)24-22(28)19-12-18(16-8-10-17(29-7)11-9-16)25-21-13-20(23(4,5)6)26-27(19)21/h8-15H,1-7H3,(H,24,28). The van der Waals surface area contributed by atoms with Crippen molar-refractivity contribution in [3.63, 3.8) is 0 Å². The predicted octanol–water partition coefficient (Wildman–Crippen LogP) is 4.48. The summed E-state index contributed by atoms with van der Waals surface area (Å²) in [4.78, 5) is 17.9. The topological polar surface area (TPSA) is 68.5 Å². The van der Waals surface area contributed by atoms with Gasteiger partial charge in [-0.2, -0.15) is 5.10 Å². The summed E-state index contributed by atoms with van der Waals surface area (Å²) in [5.74, 6) is 0.954. The van der Waals surface area contributed by atoms with E-state index in [0.29, 0.717) is 17.3 Å². The third-order valence-electron chi connectivity index (χ3n) is 5.17. The van der Waals surface area contributed by atoms with Gasteiger partial charge in [-0.15, -0.1) is 0 Å². The van der Waals surface area contributed by atoms with Crippen molar-refractivity contribution in [2.45, 2.75) is 53.0 Å². The van der Waals surface area contributed by atoms with Crippen LogP contribution in [0.5, 0.6) is 5.75 Å². The highest BCUT2D eigenvalue weighted by Crippen LogP contribution is 2.26. The maximum absolute atomic E-state index is 13.1. The number of benzene rings is 1. The van der Waals surface area contributed by atoms with Crippen LogP contribution in [0.4, 0.5) is 0 Å². The van der Waals surface area contributed by atoms with Gasteiger partial charge >= 0.3 is 0 Å². The Labute approximate surface area is 172 Å². The summed E-state index contributed by atoms with van der Waals surface area (Å²) in [7, 11) is 1.64. The molecule has 3 aromatic rings. The van der Waals surface area contributed by atoms with E-state index in [1.807, 2.05) is 37.3 Å². The molecule has 2 aromatic heterocycles. The molecule has 0 bridgehead atoms. The number of fused-ring (bicyclic) bond motifs is 1. The number of carbonyl (C=O) groups is 1. The van der Waals surface area contributed by atoms with E-state index in [0.717, 1.165) is 22.7 Å². The van der Waals surface area contributed by atoms with E-state index in [4.69, 9.17) is 14.8 Å². The van der Waals surface area contributed by atoms with E-state index < -0.39 is 0 Å². The third-order valence-corrected chi connectivity index (χ3v) is 5.17. The Kier molecular flexibility index (Phi) is 5.64. The average molecular weight is 395 g/mol. The van der Waals surface area contributed by atoms with Crippen LogP contribution < -0.4 is 10.1 Å². The lowest BCUT2D eigenvalue weighted by atomic mass is 9.93. The Morgan fingerprint density at radius 1 is 1.10 bits per heavy atom. The number of ether oxygens (including phenoxy) is 1. The molecule has 1 atom stereocenters. The Hall–Kier alpha value is -2.89. The van der Waals surface area contributed by atoms with Crippen molar-refractivity contribution in [3.8, 4) is 17.0 Å². The molecule has 0 saturated heterocycles. The van der Waals surface area contributed by atoms with Crippen molar-refractivity contribution in [1.29, 1.82) is 0 Å². The third kappa shape index (κ3) is 4.42. The monoisotopic (exact) mass is 394 g/mol. The molecule has 0 fully saturated rings. The zero-order valence-electron chi connectivity index (χ0n) is 18.3. The first-order chi connectivity index (χ1) is 13.6. The minimum atomic E-state index is -0.156. The van der Waals surface area contributed by atoms with Gasteiger partial charge in [0.2, 0.25) is 0 Å². The summed E-state index contributed by atoms with van der Waals surface area (Å²) in [5, 5.41) is 7.78. The zero-order valence-corrected chi connectivity index (χ0v) is 18.3. The summed E-state index contributed by atoms with van der Waals surface area (Å²) in [6, 6.07) is 11.5. The van der Waals surface area contributed by atoms with Gasteiger partial charge in [-0.05, 0) is 43.2 Å². The van der Waals surface area contributed by atoms with Crippen LogP contribution in [0.25, 0.3) is 16.9 Å². The second kappa shape index (κ2) is 7.85. The second-order valence-corrected chi connectivity index (χ2v) is 8.81. The molecule has 1 aromatic carbocycles. The van der Waals surface area contributed by atoms with Gasteiger partial charge in [0, 0.05) is 23.1 Å². The molecule has 0 aliphatic heterocycles. The molecule has 2 heterocycles. The SMILES string of the molecule is COc1ccc(-c2cc(C(=O)NC(C)C(C)C)n3nc(C(C)(C)C)cc3n2)cc1. The Bertz CT molecular complexity index is 1010. The Morgan fingerprint density at radius 3 is 2.31 bits per heavy atom. The van der Waals surface area contributed by atoms with Crippen molar-refractivity contribution in [1.82, 2.24) is 19.9 Å². The molecule has 0 radical (unpaired) electrons. The fraction of sp³-hybridized carbons (Fsp3) is 0.435. The van der Waals surface area contributed by atoms with Crippen LogP contribution in [0.15, 0.2) is 36.4 Å². The number of hydrogen-bond donors (Lipinski definition) is 1. The molecule has 6 nitrogen and oxygen atoms in total. The van der Waals surface area contributed by atoms with Crippen molar-refractivity contribution < 1.29 is 9.53 Å². The van der Waals surface area contributed by atoms with E-state index >= 15 is 0 Å². The molecule has 0 aliphatic rings. The fourth-order valence-corrected chi connectivity index (χ4v) is 2.86. The Balaban J connectivity index is 2.14. The summed E-state index contributed by atoms with van der Waals surface area (Å²) >= 11 is 0. The maximum atomic E-state index is 13.1. The van der Waals surface area contributed by atoms with Crippen LogP contribution in [-0.4, -0.2) is 33.7 Å². The van der Waals surface area contributed by atoms with E-state index in [9.17, 15) is 4.79 Å². The summed E-state index contributed by atoms with van der Waals surface area (Å²) < 4.78 is 6.89. The molecular formula is C23H30N4O2. The molecular weight excluding hydrogens is 364 g/mol. The number of hydrogen-bond acceptors (Lipinski definition) is 4. The van der Waals surface area contributed by atoms with Crippen molar-refractivity contribution in [2.75, 3.05) is 7.11 Å². The number of carbonyl (C=O) groups excluding carboxylic acids is 1. The zero-order chi connectivity index (χ0) is 21.3. The number of methoxy groups -OCH3 is 1. The maximum Gasteiger partial charge on any atom is 0.270 e. The predicted molar refractivity (Wildman–Crippen MR) is 115 cm³/mol. The molecule has 1 N–H and O–H groups in total. The summed E-state index contributed by atoms with van der Waals surface area (Å²) in [6.45, 7) is 12.5. The quantitative estimate of drug-likeness (QED) is 0.693. The number of nitrogens with one attached hydrogen (secondary N) is 1. The fourth-order valence-electron chi connectivity index (χ4n) is 2.86. The molecule has 0 spiro atoms. The molecule has 0 aliphatic carbocycles. The van der Waals surface area contributed by atoms with Gasteiger partial charge in [0.05, 0.1) is 18.5 Å². The summed E-state index contributed by atoms with van der Waals surface area (Å²) in [6.07, 6.45) is 0. The van der Waals surface area contributed by atoms with Crippen LogP contribution in [0.2, 0.25) is 0 Å². The number of amides is 1. The minimum Gasteiger partial charge on any atom is -0.497 e. The molecule has 29 heavy (non-hydrogen) atoms. The van der Waals surface area contributed by atoms with Gasteiger partial charge in [-0.25, -0.2) is 9.50 Å². The highest BCUT2D eigenvalue weighted by molar-refractivity contribution is 5.94. The van der Waals surface area contributed by atoms with Crippen molar-refractivity contribution in [3.05, 3.63) is 47.8 Å². The van der Waals surface area contributed by atoms with E-state index in [1.54, 1.807) is 17.7 Å². The molecule has 154 valence electrons. The van der Waals surface area contributed by atoms with Crippen LogP contribution >= 0.6 is 0 Å². The van der Waals surface area contributed by atoms with Crippen LogP contribution in [0.1, 0.15) is 57.7 Å². The smallest absolute Gasteiger partial charge is 0.270 e. The Morgan fingerprint density at radius 2 is 1.76 bits per heavy atom. The van der Waals surface area contributed by atoms with Crippen LogP contribution in [-0.2, 0) is 5.41 Å². The van der Waals surface area contributed by atoms with Crippen molar-refractivity contribution >= 4 is 11.6 Å². The molecule has 0 saturated carbocycles. The van der Waals surface area contributed by atoms with E-state index in [1.165, 1.54) is 0 Å². The lowest BCUT2D eigenvalue weighted by Gasteiger charge is -2.18. The van der Waals surface area contributed by atoms with Gasteiger partial charge in [-0.3, -0.25) is 4.79 Å². The van der Waals surface area contributed by atoms with Gasteiger partial charge in [0.1, 0.15) is 11.4 Å². The number of aromatic nitrogens is 3. The van der Waals surface area contributed by atoms with Crippen molar-refractivity contribution in [2.24, 2.45) is 5.92 Å². The van der Waals surface area contributed by atoms with Gasteiger partial charge in [0.15, 0.2) is 5.65 Å². The largest absolute Gasteiger partial charge is 0.497 e. The van der Waals surface area contributed by atoms with Crippen LogP contribution in [0.3, 0.4) is 0 Å². The first-order valence-electron chi connectivity index (χ1n) is 9.96. The highest BCUT2D eigenvalue weighted by atomic mass is 16.5. The second-order valence-electron chi connectivity index (χ2n) is 8.81. The molecule has 6 heteroatoms. The summed E-state index contributed by atoms with van der Waals surface area (Å²) in [5.41, 5.74) is 3.52. The first kappa shape index (κ1) is 20.8. The molecule has 3 rings (SSSR count). The lowest BCUT2D eigenvalue weighted by molar-refractivity contribution is 0.0922. The molecule has 1 amide bonds.